The molecule has 106 valence electrons. The first kappa shape index (κ1) is 11.9. The Bertz CT molecular complexity index is 728. The number of benzene rings is 2. The summed E-state index contributed by atoms with van der Waals surface area (Å²) in [4.78, 5) is 12.4. The minimum Gasteiger partial charge on any atom is -0.454 e. The van der Waals surface area contributed by atoms with Crippen molar-refractivity contribution >= 4 is 11.6 Å². The molecule has 0 aliphatic carbocycles. The largest absolute Gasteiger partial charge is 0.454 e. The Morgan fingerprint density at radius 1 is 0.905 bits per heavy atom. The molecule has 21 heavy (non-hydrogen) atoms. The van der Waals surface area contributed by atoms with Crippen molar-refractivity contribution in [1.29, 1.82) is 0 Å². The average Bonchev–Trinajstić information content (AvgIpc) is 3.14. The molecule has 1 N–H and O–H groups in total. The summed E-state index contributed by atoms with van der Waals surface area (Å²) < 4.78 is 21.1. The van der Waals surface area contributed by atoms with Gasteiger partial charge in [-0.1, -0.05) is 6.07 Å². The molecule has 0 fully saturated rings. The zero-order valence-electron chi connectivity index (χ0n) is 10.9. The Kier molecular flexibility index (Phi) is 2.60. The van der Waals surface area contributed by atoms with Crippen LogP contribution in [0.5, 0.6) is 23.0 Å². The van der Waals surface area contributed by atoms with Gasteiger partial charge in [-0.25, -0.2) is 0 Å². The van der Waals surface area contributed by atoms with Crippen LogP contribution in [0.25, 0.3) is 0 Å². The second-order valence-corrected chi connectivity index (χ2v) is 4.56. The van der Waals surface area contributed by atoms with Gasteiger partial charge < -0.3 is 24.3 Å². The number of carbonyl (C=O) groups excluding carboxylic acids is 1. The maximum Gasteiger partial charge on any atom is 0.259 e. The van der Waals surface area contributed by atoms with Crippen LogP contribution in [-0.2, 0) is 0 Å². The summed E-state index contributed by atoms with van der Waals surface area (Å²) in [6, 6.07) is 10.4. The van der Waals surface area contributed by atoms with Crippen LogP contribution in [0.4, 0.5) is 5.69 Å². The molecule has 0 unspecified atom stereocenters. The second kappa shape index (κ2) is 4.59. The number of amides is 1. The van der Waals surface area contributed by atoms with Crippen LogP contribution in [0.1, 0.15) is 10.4 Å². The fraction of sp³-hybridized carbons (Fsp3) is 0.133. The third-order valence-corrected chi connectivity index (χ3v) is 3.27. The highest BCUT2D eigenvalue weighted by molar-refractivity contribution is 6.07. The van der Waals surface area contributed by atoms with Crippen molar-refractivity contribution in [3.63, 3.8) is 0 Å². The van der Waals surface area contributed by atoms with Crippen LogP contribution >= 0.6 is 0 Å². The number of fused-ring (bicyclic) bond motifs is 2. The number of hydrogen-bond donors (Lipinski definition) is 1. The van der Waals surface area contributed by atoms with Gasteiger partial charge in [0.2, 0.25) is 13.6 Å². The summed E-state index contributed by atoms with van der Waals surface area (Å²) in [6.07, 6.45) is 0. The molecule has 0 atom stereocenters. The lowest BCUT2D eigenvalue weighted by atomic mass is 10.1. The van der Waals surface area contributed by atoms with Gasteiger partial charge >= 0.3 is 0 Å². The lowest BCUT2D eigenvalue weighted by molar-refractivity contribution is 0.102. The van der Waals surface area contributed by atoms with E-state index in [2.05, 4.69) is 5.32 Å². The van der Waals surface area contributed by atoms with Gasteiger partial charge in [0.05, 0.1) is 5.56 Å². The quantitative estimate of drug-likeness (QED) is 0.917. The zero-order chi connectivity index (χ0) is 14.2. The summed E-state index contributed by atoms with van der Waals surface area (Å²) in [5.74, 6) is 2.07. The first-order chi connectivity index (χ1) is 10.3. The monoisotopic (exact) mass is 285 g/mol. The van der Waals surface area contributed by atoms with Crippen LogP contribution in [0.2, 0.25) is 0 Å². The fourth-order valence-electron chi connectivity index (χ4n) is 2.28. The van der Waals surface area contributed by atoms with E-state index in [0.717, 1.165) is 0 Å². The van der Waals surface area contributed by atoms with Gasteiger partial charge in [-0.2, -0.15) is 0 Å². The predicted molar refractivity (Wildman–Crippen MR) is 73.1 cm³/mol. The van der Waals surface area contributed by atoms with E-state index in [1.54, 1.807) is 36.4 Å². The summed E-state index contributed by atoms with van der Waals surface area (Å²) in [5, 5.41) is 2.81. The molecule has 2 aliphatic rings. The molecular weight excluding hydrogens is 274 g/mol. The Labute approximate surface area is 120 Å². The minimum absolute atomic E-state index is 0.129. The van der Waals surface area contributed by atoms with Crippen LogP contribution in [0.15, 0.2) is 36.4 Å². The lowest BCUT2D eigenvalue weighted by Crippen LogP contribution is -2.12. The van der Waals surface area contributed by atoms with Gasteiger partial charge in [-0.3, -0.25) is 4.79 Å². The van der Waals surface area contributed by atoms with Gasteiger partial charge in [-0.05, 0) is 24.3 Å². The van der Waals surface area contributed by atoms with E-state index in [0.29, 0.717) is 34.2 Å². The maximum atomic E-state index is 12.4. The Morgan fingerprint density at radius 2 is 1.71 bits per heavy atom. The van der Waals surface area contributed by atoms with Crippen LogP contribution < -0.4 is 24.3 Å². The summed E-state index contributed by atoms with van der Waals surface area (Å²) in [6.45, 7) is 0.327. The molecule has 0 spiro atoms. The smallest absolute Gasteiger partial charge is 0.259 e. The zero-order valence-corrected chi connectivity index (χ0v) is 10.9. The third kappa shape index (κ3) is 2.01. The number of anilines is 1. The molecule has 1 amide bonds. The van der Waals surface area contributed by atoms with E-state index in [9.17, 15) is 4.79 Å². The first-order valence-corrected chi connectivity index (χ1v) is 6.41. The molecule has 0 aromatic heterocycles. The third-order valence-electron chi connectivity index (χ3n) is 3.27. The van der Waals surface area contributed by atoms with Crippen LogP contribution in [0, 0.1) is 0 Å². The molecule has 2 aliphatic heterocycles. The van der Waals surface area contributed by atoms with E-state index in [1.807, 2.05) is 0 Å². The number of para-hydroxylation sites is 1. The molecule has 6 heteroatoms. The van der Waals surface area contributed by atoms with Gasteiger partial charge in [0, 0.05) is 11.8 Å². The molecule has 6 nitrogen and oxygen atoms in total. The van der Waals surface area contributed by atoms with Gasteiger partial charge in [0.15, 0.2) is 23.0 Å². The van der Waals surface area contributed by atoms with E-state index in [1.165, 1.54) is 0 Å². The van der Waals surface area contributed by atoms with Crippen molar-refractivity contribution in [2.24, 2.45) is 0 Å². The molecule has 2 aromatic carbocycles. The van der Waals surface area contributed by atoms with Gasteiger partial charge in [-0.15, -0.1) is 0 Å². The second-order valence-electron chi connectivity index (χ2n) is 4.56. The standard InChI is InChI=1S/C15H11NO5/c17-15(10-2-1-3-12-14(10)21-8-19-12)16-9-4-5-11-13(6-9)20-7-18-11/h1-6H,7-8H2,(H,16,17). The highest BCUT2D eigenvalue weighted by Crippen LogP contribution is 2.37. The van der Waals surface area contributed by atoms with E-state index >= 15 is 0 Å². The fourth-order valence-corrected chi connectivity index (χ4v) is 2.28. The van der Waals surface area contributed by atoms with Crippen molar-refractivity contribution in [3.05, 3.63) is 42.0 Å². The molecule has 2 aromatic rings. The van der Waals surface area contributed by atoms with Crippen LogP contribution in [0.3, 0.4) is 0 Å². The number of nitrogens with one attached hydrogen (secondary N) is 1. The number of hydrogen-bond acceptors (Lipinski definition) is 5. The molecule has 0 saturated carbocycles. The van der Waals surface area contributed by atoms with Crippen molar-refractivity contribution in [2.45, 2.75) is 0 Å². The van der Waals surface area contributed by atoms with Crippen molar-refractivity contribution < 1.29 is 23.7 Å². The lowest BCUT2D eigenvalue weighted by Gasteiger charge is -2.08. The summed E-state index contributed by atoms with van der Waals surface area (Å²) >= 11 is 0. The highest BCUT2D eigenvalue weighted by atomic mass is 16.7. The maximum absolute atomic E-state index is 12.4. The minimum atomic E-state index is -0.267. The van der Waals surface area contributed by atoms with Crippen molar-refractivity contribution in [3.8, 4) is 23.0 Å². The Balaban J connectivity index is 1.60. The summed E-state index contributed by atoms with van der Waals surface area (Å²) in [7, 11) is 0. The summed E-state index contributed by atoms with van der Waals surface area (Å²) in [5.41, 5.74) is 1.06. The Hall–Kier alpha value is -2.89. The highest BCUT2D eigenvalue weighted by Gasteiger charge is 2.22. The molecule has 2 heterocycles. The predicted octanol–water partition coefficient (Wildman–Crippen LogP) is 2.40. The topological polar surface area (TPSA) is 66.0 Å². The van der Waals surface area contributed by atoms with E-state index in [4.69, 9.17) is 18.9 Å². The Morgan fingerprint density at radius 3 is 2.67 bits per heavy atom. The average molecular weight is 285 g/mol. The van der Waals surface area contributed by atoms with Crippen LogP contribution in [-0.4, -0.2) is 19.5 Å². The number of carbonyl (C=O) groups is 1. The molecule has 0 bridgehead atoms. The normalized spacial score (nSPS) is 14.1. The van der Waals surface area contributed by atoms with E-state index in [-0.39, 0.29) is 19.5 Å². The number of rotatable bonds is 2. The van der Waals surface area contributed by atoms with Crippen molar-refractivity contribution in [2.75, 3.05) is 18.9 Å². The van der Waals surface area contributed by atoms with Gasteiger partial charge in [0.25, 0.3) is 5.91 Å². The van der Waals surface area contributed by atoms with Crippen molar-refractivity contribution in [1.82, 2.24) is 0 Å². The molecule has 0 radical (unpaired) electrons. The molecular formula is C15H11NO5. The molecule has 0 saturated heterocycles. The van der Waals surface area contributed by atoms with Gasteiger partial charge in [0.1, 0.15) is 0 Å². The molecule has 4 rings (SSSR count). The van der Waals surface area contributed by atoms with E-state index < -0.39 is 0 Å². The number of ether oxygens (including phenoxy) is 4. The first-order valence-electron chi connectivity index (χ1n) is 6.41. The SMILES string of the molecule is O=C(Nc1ccc2c(c1)OCO2)c1cccc2c1OCO2.